The van der Waals surface area contributed by atoms with E-state index >= 15 is 0 Å². The van der Waals surface area contributed by atoms with Crippen molar-refractivity contribution in [2.24, 2.45) is 0 Å². The summed E-state index contributed by atoms with van der Waals surface area (Å²) in [6.07, 6.45) is 6.11. The van der Waals surface area contributed by atoms with Crippen LogP contribution in [0, 0.1) is 6.92 Å². The van der Waals surface area contributed by atoms with Crippen molar-refractivity contribution in [2.45, 2.75) is 47.2 Å². The molecule has 0 aliphatic carbocycles. The first kappa shape index (κ1) is 24.8. The molecule has 7 heteroatoms. The number of nitrogens with zero attached hydrogens (tertiary/aromatic N) is 4. The molecule has 0 radical (unpaired) electrons. The van der Waals surface area contributed by atoms with Gasteiger partial charge in [-0.25, -0.2) is 4.98 Å². The van der Waals surface area contributed by atoms with E-state index in [2.05, 4.69) is 29.8 Å². The number of halogens is 1. The molecule has 0 fully saturated rings. The van der Waals surface area contributed by atoms with Crippen LogP contribution in [-0.4, -0.2) is 57.7 Å². The van der Waals surface area contributed by atoms with Gasteiger partial charge in [-0.05, 0) is 38.1 Å². The summed E-state index contributed by atoms with van der Waals surface area (Å²) in [6, 6.07) is 6.14. The third kappa shape index (κ3) is 6.77. The van der Waals surface area contributed by atoms with Crippen molar-refractivity contribution >= 4 is 23.3 Å². The zero-order chi connectivity index (χ0) is 23.0. The molecular formula is C24H33ClN4O2. The van der Waals surface area contributed by atoms with Crippen LogP contribution in [0.2, 0.25) is 5.02 Å². The van der Waals surface area contributed by atoms with Gasteiger partial charge in [0, 0.05) is 37.7 Å². The number of fused-ring (bicyclic) bond motifs is 1. The molecule has 1 aliphatic rings. The number of hydrogen-bond acceptors (Lipinski definition) is 4. The van der Waals surface area contributed by atoms with Crippen LogP contribution in [0.25, 0.3) is 0 Å². The first-order valence-corrected chi connectivity index (χ1v) is 11.1. The fraction of sp³-hybridized carbons (Fsp3) is 0.458. The van der Waals surface area contributed by atoms with Crippen LogP contribution in [0.15, 0.2) is 36.5 Å². The van der Waals surface area contributed by atoms with E-state index in [0.717, 1.165) is 30.4 Å². The standard InChI is InChI=1S/C15H22N4O2.C9H11Cl/c1-4-17(3)7-5-6-15(21)18-8-9-19-13(12(2)20)10-16-14(19)11-18;1-3-8-6-4-5-7(2)9(8)10/h5-6,10H,4,7-9,11H2,1-3H3;4-6H,3H2,1-2H3/b6-5+;. The first-order chi connectivity index (χ1) is 14.8. The van der Waals surface area contributed by atoms with Gasteiger partial charge in [-0.1, -0.05) is 49.7 Å². The van der Waals surface area contributed by atoms with E-state index in [1.165, 1.54) is 18.1 Å². The highest BCUT2D eigenvalue weighted by molar-refractivity contribution is 6.32. The summed E-state index contributed by atoms with van der Waals surface area (Å²) in [5.41, 5.74) is 3.03. The van der Waals surface area contributed by atoms with Crippen molar-refractivity contribution in [3.63, 3.8) is 0 Å². The van der Waals surface area contributed by atoms with Gasteiger partial charge in [0.15, 0.2) is 5.78 Å². The van der Waals surface area contributed by atoms with Crippen molar-refractivity contribution in [2.75, 3.05) is 26.7 Å². The second kappa shape index (κ2) is 11.8. The number of hydrogen-bond donors (Lipinski definition) is 0. The third-order valence-corrected chi connectivity index (χ3v) is 5.95. The summed E-state index contributed by atoms with van der Waals surface area (Å²) in [5.74, 6) is 0.785. The molecule has 0 saturated heterocycles. The van der Waals surface area contributed by atoms with Crippen molar-refractivity contribution in [3.05, 3.63) is 64.2 Å². The average Bonchev–Trinajstić information content (AvgIpc) is 3.19. The number of likely N-dealkylation sites (N-methyl/N-ethyl adjacent to an activating group) is 1. The van der Waals surface area contributed by atoms with E-state index in [-0.39, 0.29) is 11.7 Å². The zero-order valence-electron chi connectivity index (χ0n) is 19.2. The van der Waals surface area contributed by atoms with Gasteiger partial charge in [0.25, 0.3) is 0 Å². The Morgan fingerprint density at radius 3 is 2.61 bits per heavy atom. The van der Waals surface area contributed by atoms with Gasteiger partial charge in [0.05, 0.1) is 12.7 Å². The fourth-order valence-electron chi connectivity index (χ4n) is 3.28. The Balaban J connectivity index is 0.000000285. The lowest BCUT2D eigenvalue weighted by atomic mass is 10.1. The second-order valence-corrected chi connectivity index (χ2v) is 8.06. The molecule has 0 saturated carbocycles. The van der Waals surface area contributed by atoms with Crippen molar-refractivity contribution in [1.82, 2.24) is 19.4 Å². The van der Waals surface area contributed by atoms with Crippen molar-refractivity contribution < 1.29 is 9.59 Å². The van der Waals surface area contributed by atoms with Crippen LogP contribution >= 0.6 is 11.6 Å². The molecule has 31 heavy (non-hydrogen) atoms. The molecule has 168 valence electrons. The van der Waals surface area contributed by atoms with Crippen LogP contribution in [-0.2, 0) is 24.3 Å². The number of amides is 1. The van der Waals surface area contributed by atoms with Gasteiger partial charge in [-0.3, -0.25) is 9.59 Å². The molecule has 0 spiro atoms. The Hall–Kier alpha value is -2.44. The lowest BCUT2D eigenvalue weighted by Gasteiger charge is -2.27. The summed E-state index contributed by atoms with van der Waals surface area (Å²) >= 11 is 5.99. The Bertz CT molecular complexity index is 936. The highest BCUT2D eigenvalue weighted by Crippen LogP contribution is 2.20. The SMILES string of the molecule is CCN(C)C/C=C/C(=O)N1CCn2c(C(C)=O)cnc2C1.CCc1cccc(C)c1Cl. The van der Waals surface area contributed by atoms with E-state index in [1.807, 2.05) is 36.7 Å². The van der Waals surface area contributed by atoms with Gasteiger partial charge in [-0.2, -0.15) is 0 Å². The number of Topliss-reactive ketones (excluding diaryl/α,β-unsaturated/α-hetero) is 1. The van der Waals surface area contributed by atoms with Gasteiger partial charge >= 0.3 is 0 Å². The molecule has 0 bridgehead atoms. The number of aromatic nitrogens is 2. The smallest absolute Gasteiger partial charge is 0.246 e. The van der Waals surface area contributed by atoms with E-state index in [0.29, 0.717) is 25.3 Å². The maximum atomic E-state index is 12.1. The molecule has 3 rings (SSSR count). The minimum absolute atomic E-state index is 0.00173. The number of benzene rings is 1. The summed E-state index contributed by atoms with van der Waals surface area (Å²) in [6.45, 7) is 11.2. The lowest BCUT2D eigenvalue weighted by molar-refractivity contribution is -0.127. The van der Waals surface area contributed by atoms with E-state index in [9.17, 15) is 9.59 Å². The predicted octanol–water partition coefficient (Wildman–Crippen LogP) is 4.15. The highest BCUT2D eigenvalue weighted by Gasteiger charge is 2.23. The monoisotopic (exact) mass is 444 g/mol. The molecule has 1 aromatic heterocycles. The third-order valence-electron chi connectivity index (χ3n) is 5.41. The lowest BCUT2D eigenvalue weighted by Crippen LogP contribution is -2.38. The number of rotatable bonds is 6. The second-order valence-electron chi connectivity index (χ2n) is 7.69. The molecule has 1 aromatic carbocycles. The van der Waals surface area contributed by atoms with Gasteiger partial charge in [-0.15, -0.1) is 0 Å². The minimum Gasteiger partial charge on any atom is -0.330 e. The predicted molar refractivity (Wildman–Crippen MR) is 126 cm³/mol. The Kier molecular flexibility index (Phi) is 9.46. The van der Waals surface area contributed by atoms with E-state index in [4.69, 9.17) is 11.6 Å². The largest absolute Gasteiger partial charge is 0.330 e. The number of carbonyl (C=O) groups is 2. The quantitative estimate of drug-likeness (QED) is 0.496. The topological polar surface area (TPSA) is 58.4 Å². The van der Waals surface area contributed by atoms with Crippen LogP contribution in [0.3, 0.4) is 0 Å². The maximum Gasteiger partial charge on any atom is 0.246 e. The fourth-order valence-corrected chi connectivity index (χ4v) is 3.54. The number of carbonyl (C=O) groups excluding carboxylic acids is 2. The van der Waals surface area contributed by atoms with Gasteiger partial charge < -0.3 is 14.4 Å². The molecule has 6 nitrogen and oxygen atoms in total. The van der Waals surface area contributed by atoms with Crippen molar-refractivity contribution in [3.8, 4) is 0 Å². The van der Waals surface area contributed by atoms with Crippen molar-refractivity contribution in [1.29, 1.82) is 0 Å². The molecule has 0 unspecified atom stereocenters. The number of imidazole rings is 1. The number of ketones is 1. The normalized spacial score (nSPS) is 13.2. The highest BCUT2D eigenvalue weighted by atomic mass is 35.5. The zero-order valence-corrected chi connectivity index (χ0v) is 19.9. The van der Waals surface area contributed by atoms with Gasteiger partial charge in [0.1, 0.15) is 11.5 Å². The molecule has 2 aromatic rings. The van der Waals surface area contributed by atoms with E-state index < -0.39 is 0 Å². The minimum atomic E-state index is -0.00173. The summed E-state index contributed by atoms with van der Waals surface area (Å²) in [5, 5.41) is 0.921. The summed E-state index contributed by atoms with van der Waals surface area (Å²) in [4.78, 5) is 31.7. The molecule has 0 N–H and O–H groups in total. The van der Waals surface area contributed by atoms with Crippen LogP contribution in [0.1, 0.15) is 48.2 Å². The summed E-state index contributed by atoms with van der Waals surface area (Å²) in [7, 11) is 2.01. The van der Waals surface area contributed by atoms with Gasteiger partial charge in [0.2, 0.25) is 5.91 Å². The first-order valence-electron chi connectivity index (χ1n) is 10.7. The van der Waals surface area contributed by atoms with Crippen LogP contribution < -0.4 is 0 Å². The number of aryl methyl sites for hydroxylation is 2. The average molecular weight is 445 g/mol. The molecule has 0 atom stereocenters. The molecule has 1 amide bonds. The Morgan fingerprint density at radius 1 is 1.26 bits per heavy atom. The van der Waals surface area contributed by atoms with E-state index in [1.54, 1.807) is 17.2 Å². The molecule has 2 heterocycles. The Labute approximate surface area is 190 Å². The molecular weight excluding hydrogens is 412 g/mol. The van der Waals surface area contributed by atoms with Crippen LogP contribution in [0.4, 0.5) is 0 Å². The maximum absolute atomic E-state index is 12.1. The summed E-state index contributed by atoms with van der Waals surface area (Å²) < 4.78 is 1.90. The molecule has 1 aliphatic heterocycles. The van der Waals surface area contributed by atoms with Crippen LogP contribution in [0.5, 0.6) is 0 Å². The Morgan fingerprint density at radius 2 is 2.00 bits per heavy atom.